The molecule has 0 saturated carbocycles. The summed E-state index contributed by atoms with van der Waals surface area (Å²) < 4.78 is 18.4. The zero-order chi connectivity index (χ0) is 14.3. The summed E-state index contributed by atoms with van der Waals surface area (Å²) in [5.41, 5.74) is 1.22. The van der Waals surface area contributed by atoms with E-state index >= 15 is 0 Å². The van der Waals surface area contributed by atoms with Crippen molar-refractivity contribution in [2.24, 2.45) is 0 Å². The Bertz CT molecular complexity index is 668. The quantitative estimate of drug-likeness (QED) is 0.844. The molecule has 0 bridgehead atoms. The van der Waals surface area contributed by atoms with E-state index in [1.165, 1.54) is 6.07 Å². The minimum atomic E-state index is -0.274. The third kappa shape index (κ3) is 2.17. The molecule has 1 aliphatic rings. The molecule has 3 rings (SSSR count). The first-order valence-corrected chi connectivity index (χ1v) is 6.41. The first-order valence-electron chi connectivity index (χ1n) is 6.41. The topological polar surface area (TPSA) is 59.2 Å². The van der Waals surface area contributed by atoms with Crippen molar-refractivity contribution in [1.29, 1.82) is 0 Å². The molecule has 2 heterocycles. The summed E-state index contributed by atoms with van der Waals surface area (Å²) in [5.74, 6) is 0.649. The number of rotatable bonds is 2. The Hall–Kier alpha value is -2.24. The summed E-state index contributed by atoms with van der Waals surface area (Å²) in [6.45, 7) is 3.90. The molecule has 0 aliphatic carbocycles. The van der Waals surface area contributed by atoms with Gasteiger partial charge >= 0.3 is 0 Å². The summed E-state index contributed by atoms with van der Waals surface area (Å²) in [6.07, 6.45) is 0.331. The lowest BCUT2D eigenvalue weighted by molar-refractivity contribution is -0.117. The Morgan fingerprint density at radius 1 is 1.40 bits per heavy atom. The fraction of sp³-hybridized carbons (Fsp3) is 0.357. The van der Waals surface area contributed by atoms with Crippen LogP contribution in [0.25, 0.3) is 0 Å². The first-order chi connectivity index (χ1) is 9.54. The van der Waals surface area contributed by atoms with Crippen LogP contribution in [0, 0.1) is 19.7 Å². The van der Waals surface area contributed by atoms with Gasteiger partial charge in [-0.15, -0.1) is 0 Å². The van der Waals surface area contributed by atoms with Crippen molar-refractivity contribution in [3.05, 3.63) is 41.3 Å². The van der Waals surface area contributed by atoms with Crippen molar-refractivity contribution in [3.8, 4) is 0 Å². The van der Waals surface area contributed by atoms with Gasteiger partial charge in [0.2, 0.25) is 11.8 Å². The van der Waals surface area contributed by atoms with Gasteiger partial charge in [-0.3, -0.25) is 4.79 Å². The van der Waals surface area contributed by atoms with Crippen LogP contribution in [0.3, 0.4) is 0 Å². The second-order valence-electron chi connectivity index (χ2n) is 5.02. The van der Waals surface area contributed by atoms with E-state index in [9.17, 15) is 9.18 Å². The van der Waals surface area contributed by atoms with Gasteiger partial charge in [0.25, 0.3) is 0 Å². The van der Waals surface area contributed by atoms with Gasteiger partial charge in [-0.1, -0.05) is 5.16 Å². The highest BCUT2D eigenvalue weighted by molar-refractivity contribution is 5.96. The van der Waals surface area contributed by atoms with Gasteiger partial charge in [-0.2, -0.15) is 4.98 Å². The molecule has 1 atom stereocenters. The molecule has 1 aromatic carbocycles. The van der Waals surface area contributed by atoms with E-state index in [-0.39, 0.29) is 17.6 Å². The largest absolute Gasteiger partial charge is 0.339 e. The summed E-state index contributed by atoms with van der Waals surface area (Å²) in [4.78, 5) is 17.9. The van der Waals surface area contributed by atoms with Gasteiger partial charge in [0, 0.05) is 18.7 Å². The minimum absolute atomic E-state index is 0.0168. The molecule has 1 aromatic heterocycles. The van der Waals surface area contributed by atoms with Crippen LogP contribution in [0.15, 0.2) is 22.7 Å². The van der Waals surface area contributed by atoms with E-state index in [4.69, 9.17) is 4.52 Å². The van der Waals surface area contributed by atoms with Gasteiger partial charge in [-0.05, 0) is 37.6 Å². The summed E-state index contributed by atoms with van der Waals surface area (Å²) >= 11 is 0. The van der Waals surface area contributed by atoms with Gasteiger partial charge in [0.1, 0.15) is 5.82 Å². The third-order valence-electron chi connectivity index (χ3n) is 3.47. The Balaban J connectivity index is 1.85. The molecule has 104 valence electrons. The average molecular weight is 275 g/mol. The molecule has 0 N–H and O–H groups in total. The SMILES string of the molecule is Cc1noc(C2CC(=O)N(c3ccc(F)c(C)c3)C2)n1. The number of benzene rings is 1. The van der Waals surface area contributed by atoms with Crippen LogP contribution in [-0.2, 0) is 4.79 Å². The molecule has 0 radical (unpaired) electrons. The maximum atomic E-state index is 13.3. The number of carbonyl (C=O) groups excluding carboxylic acids is 1. The van der Waals surface area contributed by atoms with Gasteiger partial charge in [0.05, 0.1) is 5.92 Å². The Morgan fingerprint density at radius 2 is 2.20 bits per heavy atom. The van der Waals surface area contributed by atoms with E-state index < -0.39 is 0 Å². The molecular formula is C14H14FN3O2. The maximum absolute atomic E-state index is 13.3. The van der Waals surface area contributed by atoms with E-state index in [1.54, 1.807) is 30.9 Å². The smallest absolute Gasteiger partial charge is 0.232 e. The fourth-order valence-electron chi connectivity index (χ4n) is 2.40. The highest BCUT2D eigenvalue weighted by Gasteiger charge is 2.35. The van der Waals surface area contributed by atoms with Crippen LogP contribution in [0.4, 0.5) is 10.1 Å². The van der Waals surface area contributed by atoms with Crippen LogP contribution in [0.1, 0.15) is 29.6 Å². The number of halogens is 1. The van der Waals surface area contributed by atoms with Crippen LogP contribution in [0.5, 0.6) is 0 Å². The number of aryl methyl sites for hydroxylation is 2. The number of anilines is 1. The lowest BCUT2D eigenvalue weighted by Crippen LogP contribution is -2.24. The lowest BCUT2D eigenvalue weighted by atomic mass is 10.1. The number of amides is 1. The van der Waals surface area contributed by atoms with E-state index in [1.807, 2.05) is 0 Å². The van der Waals surface area contributed by atoms with E-state index in [2.05, 4.69) is 10.1 Å². The van der Waals surface area contributed by atoms with Gasteiger partial charge in [-0.25, -0.2) is 4.39 Å². The molecule has 1 saturated heterocycles. The Labute approximate surface area is 115 Å². The van der Waals surface area contributed by atoms with Crippen molar-refractivity contribution in [2.45, 2.75) is 26.2 Å². The molecule has 1 amide bonds. The maximum Gasteiger partial charge on any atom is 0.232 e. The standard InChI is InChI=1S/C14H14FN3O2/c1-8-5-11(3-4-12(8)15)18-7-10(6-13(18)19)14-16-9(2)17-20-14/h3-5,10H,6-7H2,1-2H3. The average Bonchev–Trinajstić information content (AvgIpc) is 2.99. The molecule has 6 heteroatoms. The number of carbonyl (C=O) groups is 1. The molecule has 0 spiro atoms. The monoisotopic (exact) mass is 275 g/mol. The van der Waals surface area contributed by atoms with Crippen LogP contribution in [-0.4, -0.2) is 22.6 Å². The van der Waals surface area contributed by atoms with Crippen molar-refractivity contribution >= 4 is 11.6 Å². The lowest BCUT2D eigenvalue weighted by Gasteiger charge is -2.16. The molecular weight excluding hydrogens is 261 g/mol. The number of aromatic nitrogens is 2. The van der Waals surface area contributed by atoms with Gasteiger partial charge in [0.15, 0.2) is 5.82 Å². The van der Waals surface area contributed by atoms with Crippen LogP contribution in [0.2, 0.25) is 0 Å². The Kier molecular flexibility index (Phi) is 3.00. The van der Waals surface area contributed by atoms with Crippen LogP contribution < -0.4 is 4.90 Å². The molecule has 1 aliphatic heterocycles. The van der Waals surface area contributed by atoms with Crippen molar-refractivity contribution in [3.63, 3.8) is 0 Å². The number of hydrogen-bond donors (Lipinski definition) is 0. The predicted octanol–water partition coefficient (Wildman–Crippen LogP) is 2.35. The minimum Gasteiger partial charge on any atom is -0.339 e. The van der Waals surface area contributed by atoms with E-state index in [0.29, 0.717) is 35.9 Å². The Morgan fingerprint density at radius 3 is 2.85 bits per heavy atom. The number of hydrogen-bond acceptors (Lipinski definition) is 4. The molecule has 1 unspecified atom stereocenters. The van der Waals surface area contributed by atoms with E-state index in [0.717, 1.165) is 0 Å². The van der Waals surface area contributed by atoms with Crippen molar-refractivity contribution in [1.82, 2.24) is 10.1 Å². The predicted molar refractivity (Wildman–Crippen MR) is 69.9 cm³/mol. The third-order valence-corrected chi connectivity index (χ3v) is 3.47. The molecule has 20 heavy (non-hydrogen) atoms. The van der Waals surface area contributed by atoms with Crippen LogP contribution >= 0.6 is 0 Å². The highest BCUT2D eigenvalue weighted by atomic mass is 19.1. The van der Waals surface area contributed by atoms with Gasteiger partial charge < -0.3 is 9.42 Å². The molecule has 2 aromatic rings. The summed E-state index contributed by atoms with van der Waals surface area (Å²) in [6, 6.07) is 4.67. The highest BCUT2D eigenvalue weighted by Crippen LogP contribution is 2.31. The molecule has 1 fully saturated rings. The van der Waals surface area contributed by atoms with Crippen molar-refractivity contribution < 1.29 is 13.7 Å². The normalized spacial score (nSPS) is 18.9. The molecule has 5 nitrogen and oxygen atoms in total. The zero-order valence-electron chi connectivity index (χ0n) is 11.3. The summed E-state index contributed by atoms with van der Waals surface area (Å²) in [7, 11) is 0. The fourth-order valence-corrected chi connectivity index (χ4v) is 2.40. The first kappa shape index (κ1) is 12.8. The number of nitrogens with zero attached hydrogens (tertiary/aromatic N) is 3. The van der Waals surface area contributed by atoms with Crippen molar-refractivity contribution in [2.75, 3.05) is 11.4 Å². The zero-order valence-corrected chi connectivity index (χ0v) is 11.3. The second-order valence-corrected chi connectivity index (χ2v) is 5.02. The summed E-state index contributed by atoms with van der Waals surface area (Å²) in [5, 5.41) is 3.74. The second kappa shape index (κ2) is 4.70.